The number of methoxy groups -OCH3 is 1. The number of amides is 1. The van der Waals surface area contributed by atoms with Gasteiger partial charge in [0, 0.05) is 24.2 Å². The van der Waals surface area contributed by atoms with Crippen LogP contribution in [0.25, 0.3) is 10.9 Å². The van der Waals surface area contributed by atoms with Gasteiger partial charge in [-0.15, -0.1) is 0 Å². The average Bonchev–Trinajstić information content (AvgIpc) is 3.07. The van der Waals surface area contributed by atoms with Crippen molar-refractivity contribution in [2.24, 2.45) is 0 Å². The summed E-state index contributed by atoms with van der Waals surface area (Å²) in [5.41, 5.74) is 3.62. The number of rotatable bonds is 5. The van der Waals surface area contributed by atoms with E-state index in [4.69, 9.17) is 0 Å². The first kappa shape index (κ1) is 15.2. The standard InChI is InChI=1S/C19H20N2O2/c1-23-19(22)21-12-10-17(14-5-3-2-4-6-14)15-7-8-18-16(13-15)9-11-20-18/h2-9,11,13,17,20H,10,12H2,1H3,(H,21,22). The molecule has 0 spiro atoms. The molecule has 1 heterocycles. The Morgan fingerprint density at radius 1 is 1.13 bits per heavy atom. The molecule has 0 aliphatic heterocycles. The monoisotopic (exact) mass is 308 g/mol. The predicted molar refractivity (Wildman–Crippen MR) is 91.6 cm³/mol. The van der Waals surface area contributed by atoms with Gasteiger partial charge in [-0.3, -0.25) is 0 Å². The normalized spacial score (nSPS) is 12.0. The Bertz CT molecular complexity index is 780. The maximum Gasteiger partial charge on any atom is 0.406 e. The molecule has 1 amide bonds. The molecule has 0 aliphatic carbocycles. The fourth-order valence-corrected chi connectivity index (χ4v) is 2.89. The van der Waals surface area contributed by atoms with E-state index in [2.05, 4.69) is 51.4 Å². The smallest absolute Gasteiger partial charge is 0.406 e. The second-order valence-corrected chi connectivity index (χ2v) is 5.49. The maximum absolute atomic E-state index is 11.3. The molecule has 0 saturated carbocycles. The summed E-state index contributed by atoms with van der Waals surface area (Å²) in [5.74, 6) is 0.229. The van der Waals surface area contributed by atoms with E-state index in [9.17, 15) is 4.79 Å². The number of ether oxygens (including phenoxy) is 1. The predicted octanol–water partition coefficient (Wildman–Crippen LogP) is 4.05. The zero-order chi connectivity index (χ0) is 16.1. The van der Waals surface area contributed by atoms with Crippen molar-refractivity contribution in [2.45, 2.75) is 12.3 Å². The lowest BCUT2D eigenvalue weighted by molar-refractivity contribution is 0.171. The summed E-state index contributed by atoms with van der Waals surface area (Å²) in [4.78, 5) is 14.5. The van der Waals surface area contributed by atoms with Crippen LogP contribution >= 0.6 is 0 Å². The lowest BCUT2D eigenvalue weighted by Crippen LogP contribution is -2.25. The van der Waals surface area contributed by atoms with Gasteiger partial charge in [-0.25, -0.2) is 4.79 Å². The number of aromatic nitrogens is 1. The summed E-state index contributed by atoms with van der Waals surface area (Å²) in [6.07, 6.45) is 2.37. The molecular weight excluding hydrogens is 288 g/mol. The summed E-state index contributed by atoms with van der Waals surface area (Å²) >= 11 is 0. The highest BCUT2D eigenvalue weighted by molar-refractivity contribution is 5.80. The Hall–Kier alpha value is -2.75. The van der Waals surface area contributed by atoms with E-state index in [1.807, 2.05) is 24.4 Å². The highest BCUT2D eigenvalue weighted by Crippen LogP contribution is 2.29. The van der Waals surface area contributed by atoms with E-state index in [1.165, 1.54) is 23.6 Å². The third-order valence-corrected chi connectivity index (χ3v) is 4.07. The van der Waals surface area contributed by atoms with Crippen molar-refractivity contribution in [3.05, 3.63) is 71.9 Å². The van der Waals surface area contributed by atoms with Crippen LogP contribution in [0.15, 0.2) is 60.8 Å². The molecule has 3 aromatic rings. The van der Waals surface area contributed by atoms with Crippen LogP contribution in [0.5, 0.6) is 0 Å². The first-order valence-electron chi connectivity index (χ1n) is 7.72. The first-order chi connectivity index (χ1) is 11.3. The third kappa shape index (κ3) is 3.54. The van der Waals surface area contributed by atoms with Crippen molar-refractivity contribution in [3.8, 4) is 0 Å². The van der Waals surface area contributed by atoms with Crippen LogP contribution < -0.4 is 5.32 Å². The highest BCUT2D eigenvalue weighted by atomic mass is 16.5. The number of hydrogen-bond acceptors (Lipinski definition) is 2. The Balaban J connectivity index is 1.86. The molecule has 0 aliphatic rings. The van der Waals surface area contributed by atoms with Crippen LogP contribution in [0.1, 0.15) is 23.5 Å². The van der Waals surface area contributed by atoms with Crippen molar-refractivity contribution in [1.29, 1.82) is 0 Å². The lowest BCUT2D eigenvalue weighted by atomic mass is 9.88. The molecule has 1 aromatic heterocycles. The second-order valence-electron chi connectivity index (χ2n) is 5.49. The van der Waals surface area contributed by atoms with E-state index in [1.54, 1.807) is 0 Å². The number of carbonyl (C=O) groups excluding carboxylic acids is 1. The first-order valence-corrected chi connectivity index (χ1v) is 7.72. The molecule has 0 saturated heterocycles. The molecule has 1 atom stereocenters. The third-order valence-electron chi connectivity index (χ3n) is 4.07. The molecule has 1 unspecified atom stereocenters. The molecule has 0 radical (unpaired) electrons. The molecule has 118 valence electrons. The fourth-order valence-electron chi connectivity index (χ4n) is 2.89. The van der Waals surface area contributed by atoms with Crippen LogP contribution in [0.3, 0.4) is 0 Å². The average molecular weight is 308 g/mol. The number of alkyl carbamates (subject to hydrolysis) is 1. The molecule has 3 rings (SSSR count). The fraction of sp³-hybridized carbons (Fsp3) is 0.211. The molecule has 0 bridgehead atoms. The maximum atomic E-state index is 11.3. The Morgan fingerprint density at radius 3 is 2.74 bits per heavy atom. The molecule has 0 fully saturated rings. The summed E-state index contributed by atoms with van der Waals surface area (Å²) in [5, 5.41) is 3.97. The summed E-state index contributed by atoms with van der Waals surface area (Å²) in [6.45, 7) is 0.567. The summed E-state index contributed by atoms with van der Waals surface area (Å²) in [6, 6.07) is 18.9. The number of nitrogens with one attached hydrogen (secondary N) is 2. The minimum atomic E-state index is -0.391. The molecular formula is C19H20N2O2. The van der Waals surface area contributed by atoms with Gasteiger partial charge in [-0.05, 0) is 41.1 Å². The largest absolute Gasteiger partial charge is 0.453 e. The van der Waals surface area contributed by atoms with Crippen LogP contribution in [-0.2, 0) is 4.74 Å². The Kier molecular flexibility index (Phi) is 4.62. The molecule has 2 N–H and O–H groups in total. The minimum absolute atomic E-state index is 0.229. The molecule has 2 aromatic carbocycles. The SMILES string of the molecule is COC(=O)NCCC(c1ccccc1)c1ccc2[nH]ccc2c1. The van der Waals surface area contributed by atoms with Gasteiger partial charge >= 0.3 is 6.09 Å². The second kappa shape index (κ2) is 7.01. The number of hydrogen-bond donors (Lipinski definition) is 2. The van der Waals surface area contributed by atoms with E-state index >= 15 is 0 Å². The van der Waals surface area contributed by atoms with E-state index in [0.29, 0.717) is 6.54 Å². The van der Waals surface area contributed by atoms with Gasteiger partial charge < -0.3 is 15.0 Å². The number of carbonyl (C=O) groups is 1. The van der Waals surface area contributed by atoms with Crippen LogP contribution in [0, 0.1) is 0 Å². The van der Waals surface area contributed by atoms with Crippen molar-refractivity contribution in [2.75, 3.05) is 13.7 Å². The number of benzene rings is 2. The minimum Gasteiger partial charge on any atom is -0.453 e. The highest BCUT2D eigenvalue weighted by Gasteiger charge is 2.15. The zero-order valence-electron chi connectivity index (χ0n) is 13.1. The quantitative estimate of drug-likeness (QED) is 0.747. The van der Waals surface area contributed by atoms with Crippen LogP contribution in [-0.4, -0.2) is 24.7 Å². The van der Waals surface area contributed by atoms with Crippen molar-refractivity contribution >= 4 is 17.0 Å². The molecule has 23 heavy (non-hydrogen) atoms. The van der Waals surface area contributed by atoms with Gasteiger partial charge in [0.25, 0.3) is 0 Å². The Morgan fingerprint density at radius 2 is 1.96 bits per heavy atom. The lowest BCUT2D eigenvalue weighted by Gasteiger charge is -2.18. The van der Waals surface area contributed by atoms with Gasteiger partial charge in [0.2, 0.25) is 0 Å². The van der Waals surface area contributed by atoms with Gasteiger partial charge in [0.05, 0.1) is 7.11 Å². The van der Waals surface area contributed by atoms with Crippen molar-refractivity contribution in [1.82, 2.24) is 10.3 Å². The van der Waals surface area contributed by atoms with E-state index in [0.717, 1.165) is 11.9 Å². The molecule has 4 nitrogen and oxygen atoms in total. The van der Waals surface area contributed by atoms with E-state index in [-0.39, 0.29) is 5.92 Å². The van der Waals surface area contributed by atoms with Crippen LogP contribution in [0.4, 0.5) is 4.79 Å². The number of H-pyrrole nitrogens is 1. The molecule has 4 heteroatoms. The Labute approximate surface area is 135 Å². The van der Waals surface area contributed by atoms with Gasteiger partial charge in [0.1, 0.15) is 0 Å². The number of fused-ring (bicyclic) bond motifs is 1. The summed E-state index contributed by atoms with van der Waals surface area (Å²) in [7, 11) is 1.38. The number of aromatic amines is 1. The van der Waals surface area contributed by atoms with Crippen LogP contribution in [0.2, 0.25) is 0 Å². The topological polar surface area (TPSA) is 54.1 Å². The van der Waals surface area contributed by atoms with Gasteiger partial charge in [-0.2, -0.15) is 0 Å². The van der Waals surface area contributed by atoms with Gasteiger partial charge in [0.15, 0.2) is 0 Å². The zero-order valence-corrected chi connectivity index (χ0v) is 13.1. The van der Waals surface area contributed by atoms with Crippen molar-refractivity contribution in [3.63, 3.8) is 0 Å². The summed E-state index contributed by atoms with van der Waals surface area (Å²) < 4.78 is 4.64. The van der Waals surface area contributed by atoms with Crippen molar-refractivity contribution < 1.29 is 9.53 Å². The van der Waals surface area contributed by atoms with Gasteiger partial charge in [-0.1, -0.05) is 36.4 Å². The van der Waals surface area contributed by atoms with E-state index < -0.39 is 6.09 Å².